The first kappa shape index (κ1) is 19.1. The van der Waals surface area contributed by atoms with Crippen LogP contribution in [0.3, 0.4) is 0 Å². The molecule has 0 saturated heterocycles. The third kappa shape index (κ3) is 4.37. The highest BCUT2D eigenvalue weighted by Crippen LogP contribution is 2.28. The van der Waals surface area contributed by atoms with E-state index in [4.69, 9.17) is 4.98 Å². The van der Waals surface area contributed by atoms with E-state index in [2.05, 4.69) is 18.3 Å². The molecule has 0 aliphatic rings. The van der Waals surface area contributed by atoms with Crippen molar-refractivity contribution in [2.75, 3.05) is 5.32 Å². The van der Waals surface area contributed by atoms with Crippen LogP contribution < -0.4 is 5.32 Å². The second-order valence-corrected chi connectivity index (χ2v) is 8.00. The average molecular weight is 378 g/mol. The Hall–Kier alpha value is -2.66. The summed E-state index contributed by atoms with van der Waals surface area (Å²) < 4.78 is 0. The van der Waals surface area contributed by atoms with Gasteiger partial charge in [0.1, 0.15) is 0 Å². The first-order chi connectivity index (χ1) is 12.8. The third-order valence-electron chi connectivity index (χ3n) is 4.43. The standard InChI is InChI=1S/C22H22N2O2S/c1-13-7-5-10-19-14(2)11-20(24-21(13)19)27-16(4)22(26)23-18-9-6-8-17(12-18)15(3)25/h5-12,16H,1-4H3,(H,23,26). The van der Waals surface area contributed by atoms with Gasteiger partial charge in [0.05, 0.1) is 15.8 Å². The summed E-state index contributed by atoms with van der Waals surface area (Å²) in [5, 5.41) is 4.53. The van der Waals surface area contributed by atoms with Crippen molar-refractivity contribution in [1.29, 1.82) is 0 Å². The number of anilines is 1. The monoisotopic (exact) mass is 378 g/mol. The Labute approximate surface area is 163 Å². The Bertz CT molecular complexity index is 1030. The van der Waals surface area contributed by atoms with Gasteiger partial charge in [-0.05, 0) is 57.0 Å². The molecule has 0 bridgehead atoms. The van der Waals surface area contributed by atoms with Crippen molar-refractivity contribution < 1.29 is 9.59 Å². The highest BCUT2D eigenvalue weighted by Gasteiger charge is 2.17. The molecule has 0 fully saturated rings. The van der Waals surface area contributed by atoms with E-state index in [9.17, 15) is 9.59 Å². The number of carbonyl (C=O) groups is 2. The van der Waals surface area contributed by atoms with Crippen molar-refractivity contribution in [3.8, 4) is 0 Å². The highest BCUT2D eigenvalue weighted by molar-refractivity contribution is 8.00. The van der Waals surface area contributed by atoms with Gasteiger partial charge in [-0.3, -0.25) is 9.59 Å². The van der Waals surface area contributed by atoms with Gasteiger partial charge in [0, 0.05) is 16.6 Å². The first-order valence-corrected chi connectivity index (χ1v) is 9.68. The molecule has 1 heterocycles. The van der Waals surface area contributed by atoms with Gasteiger partial charge >= 0.3 is 0 Å². The number of aryl methyl sites for hydroxylation is 2. The molecule has 1 amide bonds. The largest absolute Gasteiger partial charge is 0.325 e. The molecule has 27 heavy (non-hydrogen) atoms. The number of aromatic nitrogens is 1. The van der Waals surface area contributed by atoms with Gasteiger partial charge in [0.2, 0.25) is 5.91 Å². The normalized spacial score (nSPS) is 12.0. The lowest BCUT2D eigenvalue weighted by molar-refractivity contribution is -0.115. The molecular formula is C22H22N2O2S. The lowest BCUT2D eigenvalue weighted by Crippen LogP contribution is -2.22. The number of benzene rings is 2. The highest BCUT2D eigenvalue weighted by atomic mass is 32.2. The van der Waals surface area contributed by atoms with E-state index in [1.54, 1.807) is 24.3 Å². The van der Waals surface area contributed by atoms with E-state index in [1.807, 2.05) is 32.0 Å². The maximum Gasteiger partial charge on any atom is 0.237 e. The third-order valence-corrected chi connectivity index (χ3v) is 5.45. The van der Waals surface area contributed by atoms with Gasteiger partial charge in [0.25, 0.3) is 0 Å². The van der Waals surface area contributed by atoms with Gasteiger partial charge in [-0.1, -0.05) is 42.1 Å². The lowest BCUT2D eigenvalue weighted by atomic mass is 10.1. The summed E-state index contributed by atoms with van der Waals surface area (Å²) in [6.07, 6.45) is 0. The number of fused-ring (bicyclic) bond motifs is 1. The van der Waals surface area contributed by atoms with E-state index >= 15 is 0 Å². The van der Waals surface area contributed by atoms with Crippen LogP contribution >= 0.6 is 11.8 Å². The number of hydrogen-bond acceptors (Lipinski definition) is 4. The molecule has 0 spiro atoms. The zero-order valence-electron chi connectivity index (χ0n) is 15.9. The predicted octanol–water partition coefficient (Wildman–Crippen LogP) is 5.17. The van der Waals surface area contributed by atoms with Crippen molar-refractivity contribution >= 4 is 40.0 Å². The van der Waals surface area contributed by atoms with Gasteiger partial charge in [-0.25, -0.2) is 4.98 Å². The van der Waals surface area contributed by atoms with Crippen LogP contribution in [0.1, 0.15) is 35.3 Å². The number of ketones is 1. The van der Waals surface area contributed by atoms with Crippen LogP contribution in [0, 0.1) is 13.8 Å². The summed E-state index contributed by atoms with van der Waals surface area (Å²) in [5.74, 6) is -0.148. The molecule has 3 rings (SSSR count). The quantitative estimate of drug-likeness (QED) is 0.491. The van der Waals surface area contributed by atoms with E-state index in [0.717, 1.165) is 27.1 Å². The smallest absolute Gasteiger partial charge is 0.237 e. The van der Waals surface area contributed by atoms with E-state index < -0.39 is 0 Å². The maximum atomic E-state index is 12.6. The van der Waals surface area contributed by atoms with Crippen LogP contribution in [0.4, 0.5) is 5.69 Å². The summed E-state index contributed by atoms with van der Waals surface area (Å²) in [5.41, 5.74) is 4.44. The number of pyridine rings is 1. The van der Waals surface area contributed by atoms with Crippen molar-refractivity contribution in [2.24, 2.45) is 0 Å². The molecular weight excluding hydrogens is 356 g/mol. The predicted molar refractivity (Wildman–Crippen MR) is 112 cm³/mol. The van der Waals surface area contributed by atoms with Crippen LogP contribution in [0.5, 0.6) is 0 Å². The summed E-state index contributed by atoms with van der Waals surface area (Å²) >= 11 is 1.43. The Morgan fingerprint density at radius 3 is 2.52 bits per heavy atom. The van der Waals surface area contributed by atoms with Gasteiger partial charge < -0.3 is 5.32 Å². The maximum absolute atomic E-state index is 12.6. The van der Waals surface area contributed by atoms with Gasteiger partial charge in [-0.15, -0.1) is 0 Å². The first-order valence-electron chi connectivity index (χ1n) is 8.80. The van der Waals surface area contributed by atoms with Crippen LogP contribution in [-0.4, -0.2) is 21.9 Å². The summed E-state index contributed by atoms with van der Waals surface area (Å²) in [6.45, 7) is 7.47. The molecule has 0 aliphatic heterocycles. The molecule has 4 nitrogen and oxygen atoms in total. The van der Waals surface area contributed by atoms with Crippen molar-refractivity contribution in [2.45, 2.75) is 38.0 Å². The molecule has 1 atom stereocenters. The second-order valence-electron chi connectivity index (χ2n) is 6.63. The van der Waals surface area contributed by atoms with Gasteiger partial charge in [-0.2, -0.15) is 0 Å². The van der Waals surface area contributed by atoms with Crippen molar-refractivity contribution in [3.05, 3.63) is 65.2 Å². The number of nitrogens with one attached hydrogen (secondary N) is 1. The summed E-state index contributed by atoms with van der Waals surface area (Å²) in [4.78, 5) is 28.8. The number of para-hydroxylation sites is 1. The fourth-order valence-electron chi connectivity index (χ4n) is 2.89. The van der Waals surface area contributed by atoms with Crippen molar-refractivity contribution in [1.82, 2.24) is 4.98 Å². The number of Topliss-reactive ketones (excluding diaryl/α,β-unsaturated/α-hetero) is 1. The molecule has 5 heteroatoms. The topological polar surface area (TPSA) is 59.1 Å². The second kappa shape index (κ2) is 7.92. The van der Waals surface area contributed by atoms with E-state index in [1.165, 1.54) is 18.7 Å². The van der Waals surface area contributed by atoms with Crippen molar-refractivity contribution in [3.63, 3.8) is 0 Å². The minimum atomic E-state index is -0.320. The zero-order chi connectivity index (χ0) is 19.6. The number of rotatable bonds is 5. The van der Waals surface area contributed by atoms with Gasteiger partial charge in [0.15, 0.2) is 5.78 Å². The fourth-order valence-corrected chi connectivity index (χ4v) is 3.80. The summed E-state index contributed by atoms with van der Waals surface area (Å²) in [7, 11) is 0. The van der Waals surface area contributed by atoms with Crippen LogP contribution in [0.2, 0.25) is 0 Å². The fraction of sp³-hybridized carbons (Fsp3) is 0.227. The average Bonchev–Trinajstić information content (AvgIpc) is 2.63. The minimum Gasteiger partial charge on any atom is -0.325 e. The molecule has 2 aromatic carbocycles. The molecule has 0 radical (unpaired) electrons. The Morgan fingerprint density at radius 1 is 1.04 bits per heavy atom. The Balaban J connectivity index is 1.77. The van der Waals surface area contributed by atoms with Crippen LogP contribution in [-0.2, 0) is 4.79 Å². The number of thioether (sulfide) groups is 1. The van der Waals surface area contributed by atoms with Crippen LogP contribution in [0.25, 0.3) is 10.9 Å². The van der Waals surface area contributed by atoms with E-state index in [-0.39, 0.29) is 16.9 Å². The summed E-state index contributed by atoms with van der Waals surface area (Å²) in [6, 6.07) is 15.1. The minimum absolute atomic E-state index is 0.0280. The number of nitrogens with zero attached hydrogens (tertiary/aromatic N) is 1. The Morgan fingerprint density at radius 2 is 1.78 bits per heavy atom. The van der Waals surface area contributed by atoms with Crippen LogP contribution in [0.15, 0.2) is 53.6 Å². The Kier molecular flexibility index (Phi) is 5.61. The molecule has 138 valence electrons. The van der Waals surface area contributed by atoms with E-state index in [0.29, 0.717) is 11.3 Å². The molecule has 1 unspecified atom stereocenters. The number of hydrogen-bond donors (Lipinski definition) is 1. The number of amides is 1. The lowest BCUT2D eigenvalue weighted by Gasteiger charge is -2.13. The molecule has 0 aliphatic carbocycles. The zero-order valence-corrected chi connectivity index (χ0v) is 16.7. The molecule has 0 saturated carbocycles. The molecule has 1 N–H and O–H groups in total. The number of carbonyl (C=O) groups excluding carboxylic acids is 2. The molecule has 1 aromatic heterocycles. The molecule has 3 aromatic rings. The SMILES string of the molecule is CC(=O)c1cccc(NC(=O)C(C)Sc2cc(C)c3cccc(C)c3n2)c1.